The van der Waals surface area contributed by atoms with E-state index >= 15 is 0 Å². The number of halogens is 1. The first-order valence-electron chi connectivity index (χ1n) is 10.0. The molecule has 0 aliphatic carbocycles. The van der Waals surface area contributed by atoms with Crippen LogP contribution in [0.1, 0.15) is 29.7 Å². The normalized spacial score (nSPS) is 12.1. The second-order valence-electron chi connectivity index (χ2n) is 7.51. The SMILES string of the molecule is Cc1ccc(NS(=O)(=O)c2ccc(OCC(=O)N[C@H](C)c3ccc(Cl)cc3)cc2)cc1C. The van der Waals surface area contributed by atoms with Gasteiger partial charge in [-0.25, -0.2) is 8.42 Å². The highest BCUT2D eigenvalue weighted by atomic mass is 35.5. The molecule has 0 fully saturated rings. The van der Waals surface area contributed by atoms with Gasteiger partial charge in [0, 0.05) is 10.7 Å². The van der Waals surface area contributed by atoms with Gasteiger partial charge in [-0.05, 0) is 86.0 Å². The number of hydrogen-bond donors (Lipinski definition) is 2. The molecule has 1 atom stereocenters. The van der Waals surface area contributed by atoms with Gasteiger partial charge in [0.15, 0.2) is 6.61 Å². The molecule has 0 aromatic heterocycles. The fourth-order valence-electron chi connectivity index (χ4n) is 3.00. The standard InChI is InChI=1S/C24H25ClN2O4S/c1-16-4-9-21(14-17(16)2)27-32(29,30)23-12-10-22(11-13-23)31-15-24(28)26-18(3)19-5-7-20(25)8-6-19/h4-14,18,27H,15H2,1-3H3,(H,26,28)/t18-/m1/s1. The number of aryl methyl sites for hydroxylation is 2. The lowest BCUT2D eigenvalue weighted by atomic mass is 10.1. The van der Waals surface area contributed by atoms with E-state index in [0.717, 1.165) is 16.7 Å². The van der Waals surface area contributed by atoms with Gasteiger partial charge in [-0.15, -0.1) is 0 Å². The Kier molecular flexibility index (Phi) is 7.43. The van der Waals surface area contributed by atoms with Gasteiger partial charge in [-0.3, -0.25) is 9.52 Å². The van der Waals surface area contributed by atoms with E-state index in [4.69, 9.17) is 16.3 Å². The number of ether oxygens (including phenoxy) is 1. The summed E-state index contributed by atoms with van der Waals surface area (Å²) in [6.45, 7) is 5.56. The molecule has 0 spiro atoms. The van der Waals surface area contributed by atoms with Crippen LogP contribution < -0.4 is 14.8 Å². The van der Waals surface area contributed by atoms with Gasteiger partial charge in [-0.2, -0.15) is 0 Å². The number of benzene rings is 3. The molecule has 3 aromatic rings. The van der Waals surface area contributed by atoms with Crippen LogP contribution in [0.15, 0.2) is 71.6 Å². The first kappa shape index (κ1) is 23.6. The van der Waals surface area contributed by atoms with Crippen molar-refractivity contribution >= 4 is 33.2 Å². The summed E-state index contributed by atoms with van der Waals surface area (Å²) in [4.78, 5) is 12.3. The zero-order chi connectivity index (χ0) is 23.3. The monoisotopic (exact) mass is 472 g/mol. The summed E-state index contributed by atoms with van der Waals surface area (Å²) in [5.74, 6) is 0.102. The number of nitrogens with one attached hydrogen (secondary N) is 2. The number of carbonyl (C=O) groups is 1. The maximum atomic E-state index is 12.6. The van der Waals surface area contributed by atoms with Crippen LogP contribution in [0, 0.1) is 13.8 Å². The van der Waals surface area contributed by atoms with E-state index in [2.05, 4.69) is 10.0 Å². The second kappa shape index (κ2) is 10.1. The molecule has 0 bridgehead atoms. The predicted molar refractivity (Wildman–Crippen MR) is 127 cm³/mol. The van der Waals surface area contributed by atoms with Crippen LogP contribution in [0.5, 0.6) is 5.75 Å². The lowest BCUT2D eigenvalue weighted by Gasteiger charge is -2.15. The van der Waals surface area contributed by atoms with Crippen LogP contribution in [0.25, 0.3) is 0 Å². The third kappa shape index (κ3) is 6.24. The number of amides is 1. The molecule has 0 saturated carbocycles. The van der Waals surface area contributed by atoms with Crippen molar-refractivity contribution in [1.29, 1.82) is 0 Å². The minimum Gasteiger partial charge on any atom is -0.484 e. The Labute approximate surface area is 193 Å². The molecule has 3 rings (SSSR count). The lowest BCUT2D eigenvalue weighted by Crippen LogP contribution is -2.31. The van der Waals surface area contributed by atoms with Crippen LogP contribution >= 0.6 is 11.6 Å². The molecule has 2 N–H and O–H groups in total. The smallest absolute Gasteiger partial charge is 0.261 e. The first-order valence-corrected chi connectivity index (χ1v) is 11.9. The highest BCUT2D eigenvalue weighted by molar-refractivity contribution is 7.92. The van der Waals surface area contributed by atoms with Gasteiger partial charge in [-0.1, -0.05) is 29.8 Å². The molecule has 0 heterocycles. The second-order valence-corrected chi connectivity index (χ2v) is 9.62. The van der Waals surface area contributed by atoms with Crippen molar-refractivity contribution in [3.63, 3.8) is 0 Å². The summed E-state index contributed by atoms with van der Waals surface area (Å²) in [7, 11) is -3.73. The molecule has 3 aromatic carbocycles. The maximum absolute atomic E-state index is 12.6. The van der Waals surface area contributed by atoms with Gasteiger partial charge in [0.2, 0.25) is 0 Å². The lowest BCUT2D eigenvalue weighted by molar-refractivity contribution is -0.123. The van der Waals surface area contributed by atoms with E-state index < -0.39 is 10.0 Å². The van der Waals surface area contributed by atoms with Crippen LogP contribution in [0.3, 0.4) is 0 Å². The van der Waals surface area contributed by atoms with E-state index in [1.165, 1.54) is 24.3 Å². The largest absolute Gasteiger partial charge is 0.484 e. The van der Waals surface area contributed by atoms with Crippen molar-refractivity contribution in [2.75, 3.05) is 11.3 Å². The summed E-state index contributed by atoms with van der Waals surface area (Å²) in [5, 5.41) is 3.47. The number of hydrogen-bond acceptors (Lipinski definition) is 4. The zero-order valence-corrected chi connectivity index (χ0v) is 19.6. The van der Waals surface area contributed by atoms with E-state index in [0.29, 0.717) is 16.5 Å². The van der Waals surface area contributed by atoms with Gasteiger partial charge in [0.25, 0.3) is 15.9 Å². The average molecular weight is 473 g/mol. The van der Waals surface area contributed by atoms with Crippen molar-refractivity contribution in [2.45, 2.75) is 31.7 Å². The molecule has 0 aliphatic rings. The molecule has 168 valence electrons. The van der Waals surface area contributed by atoms with Crippen LogP contribution in [-0.2, 0) is 14.8 Å². The summed E-state index contributed by atoms with van der Waals surface area (Å²) in [5.41, 5.74) is 3.51. The van der Waals surface area contributed by atoms with Crippen LogP contribution in [0.2, 0.25) is 5.02 Å². The number of anilines is 1. The van der Waals surface area contributed by atoms with Crippen LogP contribution in [0.4, 0.5) is 5.69 Å². The molecular weight excluding hydrogens is 448 g/mol. The molecule has 0 unspecified atom stereocenters. The Balaban J connectivity index is 1.56. The number of sulfonamides is 1. The fourth-order valence-corrected chi connectivity index (χ4v) is 4.18. The summed E-state index contributed by atoms with van der Waals surface area (Å²) in [6.07, 6.45) is 0. The third-order valence-corrected chi connectivity index (χ3v) is 6.66. The Hall–Kier alpha value is -3.03. The molecule has 8 heteroatoms. The van der Waals surface area contributed by atoms with E-state index in [-0.39, 0.29) is 23.5 Å². The summed E-state index contributed by atoms with van der Waals surface area (Å²) >= 11 is 5.88. The highest BCUT2D eigenvalue weighted by Crippen LogP contribution is 2.21. The summed E-state index contributed by atoms with van der Waals surface area (Å²) < 4.78 is 33.3. The molecule has 0 aliphatic heterocycles. The quantitative estimate of drug-likeness (QED) is 0.482. The highest BCUT2D eigenvalue weighted by Gasteiger charge is 2.15. The van der Waals surface area contributed by atoms with Crippen molar-refractivity contribution in [2.24, 2.45) is 0 Å². The van der Waals surface area contributed by atoms with Gasteiger partial charge in [0.1, 0.15) is 5.75 Å². The van der Waals surface area contributed by atoms with Crippen molar-refractivity contribution < 1.29 is 17.9 Å². The van der Waals surface area contributed by atoms with Crippen LogP contribution in [-0.4, -0.2) is 20.9 Å². The molecule has 0 saturated heterocycles. The Morgan fingerprint density at radius 3 is 2.25 bits per heavy atom. The van der Waals surface area contributed by atoms with Gasteiger partial charge < -0.3 is 10.1 Å². The minimum absolute atomic E-state index is 0.101. The molecule has 6 nitrogen and oxygen atoms in total. The third-order valence-electron chi connectivity index (χ3n) is 5.01. The minimum atomic E-state index is -3.73. The molecular formula is C24H25ClN2O4S. The van der Waals surface area contributed by atoms with Crippen molar-refractivity contribution in [3.8, 4) is 5.75 Å². The Bertz CT molecular complexity index is 1190. The van der Waals surface area contributed by atoms with Crippen molar-refractivity contribution in [3.05, 3.63) is 88.4 Å². The predicted octanol–water partition coefficient (Wildman–Crippen LogP) is 5.01. The molecule has 0 radical (unpaired) electrons. The number of rotatable bonds is 8. The van der Waals surface area contributed by atoms with E-state index in [1.54, 1.807) is 24.3 Å². The first-order chi connectivity index (χ1) is 15.1. The van der Waals surface area contributed by atoms with Gasteiger partial charge >= 0.3 is 0 Å². The zero-order valence-electron chi connectivity index (χ0n) is 18.1. The molecule has 32 heavy (non-hydrogen) atoms. The van der Waals surface area contributed by atoms with E-state index in [1.807, 2.05) is 39.0 Å². The van der Waals surface area contributed by atoms with Crippen molar-refractivity contribution in [1.82, 2.24) is 5.32 Å². The topological polar surface area (TPSA) is 84.5 Å². The molecule has 1 amide bonds. The average Bonchev–Trinajstić information content (AvgIpc) is 2.75. The Morgan fingerprint density at radius 2 is 1.62 bits per heavy atom. The number of carbonyl (C=O) groups excluding carboxylic acids is 1. The van der Waals surface area contributed by atoms with Gasteiger partial charge in [0.05, 0.1) is 10.9 Å². The maximum Gasteiger partial charge on any atom is 0.261 e. The van der Waals surface area contributed by atoms with E-state index in [9.17, 15) is 13.2 Å². The fraction of sp³-hybridized carbons (Fsp3) is 0.208. The Morgan fingerprint density at radius 1 is 0.969 bits per heavy atom. The summed E-state index contributed by atoms with van der Waals surface area (Å²) in [6, 6.07) is 18.3.